The van der Waals surface area contributed by atoms with Gasteiger partial charge in [-0.2, -0.15) is 0 Å². The molecule has 3 atom stereocenters. The predicted molar refractivity (Wildman–Crippen MR) is 82.0 cm³/mol. The fraction of sp³-hybridized carbons (Fsp3) is 0.588. The van der Waals surface area contributed by atoms with Crippen LogP contribution in [0.15, 0.2) is 24.3 Å². The van der Waals surface area contributed by atoms with Crippen LogP contribution in [0.3, 0.4) is 0 Å². The van der Waals surface area contributed by atoms with Gasteiger partial charge in [0.2, 0.25) is 5.91 Å². The smallest absolute Gasteiger partial charge is 0.229 e. The minimum absolute atomic E-state index is 0.0493. The van der Waals surface area contributed by atoms with Crippen LogP contribution in [0.1, 0.15) is 18.9 Å². The number of carbonyl (C=O) groups is 1. The lowest BCUT2D eigenvalue weighted by atomic mass is 9.86. The summed E-state index contributed by atoms with van der Waals surface area (Å²) in [5.74, 6) is 2.15. The number of para-hydroxylation sites is 1. The number of likely N-dealkylation sites (tertiary alicyclic amines) is 1. The summed E-state index contributed by atoms with van der Waals surface area (Å²) in [6.45, 7) is 5.05. The van der Waals surface area contributed by atoms with Gasteiger partial charge in [0.05, 0.1) is 5.92 Å². The van der Waals surface area contributed by atoms with Crippen molar-refractivity contribution in [2.75, 3.05) is 26.2 Å². The summed E-state index contributed by atoms with van der Waals surface area (Å²) in [5.41, 5.74) is 6.98. The number of nitrogens with two attached hydrogens (primary N) is 1. The molecule has 3 rings (SSSR count). The van der Waals surface area contributed by atoms with Crippen LogP contribution in [0, 0.1) is 17.8 Å². The molecule has 21 heavy (non-hydrogen) atoms. The summed E-state index contributed by atoms with van der Waals surface area (Å²) in [7, 11) is 0. The van der Waals surface area contributed by atoms with Crippen molar-refractivity contribution in [3.63, 3.8) is 0 Å². The summed E-state index contributed by atoms with van der Waals surface area (Å²) >= 11 is 0. The minimum Gasteiger partial charge on any atom is -0.492 e. The zero-order chi connectivity index (χ0) is 14.8. The van der Waals surface area contributed by atoms with Gasteiger partial charge in [0.15, 0.2) is 0 Å². The average Bonchev–Trinajstić information content (AvgIpc) is 2.54. The summed E-state index contributed by atoms with van der Waals surface area (Å²) in [4.78, 5) is 14.7. The predicted octanol–water partition coefficient (Wildman–Crippen LogP) is 1.68. The van der Waals surface area contributed by atoms with Gasteiger partial charge in [-0.25, -0.2) is 0 Å². The van der Waals surface area contributed by atoms with Crippen LogP contribution in [0.25, 0.3) is 0 Å². The van der Waals surface area contributed by atoms with Crippen molar-refractivity contribution in [3.05, 3.63) is 29.8 Å². The van der Waals surface area contributed by atoms with E-state index in [0.29, 0.717) is 25.0 Å². The maximum Gasteiger partial charge on any atom is 0.229 e. The molecular formula is C17H24N2O2. The van der Waals surface area contributed by atoms with Crippen molar-refractivity contribution in [2.45, 2.75) is 19.8 Å². The molecule has 0 saturated carbocycles. The van der Waals surface area contributed by atoms with Gasteiger partial charge in [-0.3, -0.25) is 4.79 Å². The molecule has 0 radical (unpaired) electrons. The third-order valence-corrected chi connectivity index (χ3v) is 4.96. The topological polar surface area (TPSA) is 55.6 Å². The zero-order valence-corrected chi connectivity index (χ0v) is 12.6. The van der Waals surface area contributed by atoms with E-state index in [2.05, 4.69) is 13.0 Å². The van der Waals surface area contributed by atoms with Crippen molar-refractivity contribution in [2.24, 2.45) is 23.5 Å². The second-order valence-corrected chi connectivity index (χ2v) is 6.37. The first kappa shape index (κ1) is 14.4. The first-order valence-corrected chi connectivity index (χ1v) is 7.88. The maximum absolute atomic E-state index is 12.7. The molecule has 114 valence electrons. The van der Waals surface area contributed by atoms with Gasteiger partial charge in [-0.1, -0.05) is 25.1 Å². The Kier molecular flexibility index (Phi) is 4.15. The lowest BCUT2D eigenvalue weighted by Gasteiger charge is -2.38. The Balaban J connectivity index is 1.67. The van der Waals surface area contributed by atoms with E-state index in [1.54, 1.807) is 0 Å². The molecule has 3 unspecified atom stereocenters. The number of nitrogens with zero attached hydrogens (tertiary/aromatic N) is 1. The molecule has 0 bridgehead atoms. The van der Waals surface area contributed by atoms with E-state index in [0.717, 1.165) is 37.2 Å². The van der Waals surface area contributed by atoms with Crippen LogP contribution in [0.5, 0.6) is 5.75 Å². The largest absolute Gasteiger partial charge is 0.492 e. The molecule has 0 spiro atoms. The molecule has 4 heteroatoms. The van der Waals surface area contributed by atoms with E-state index in [1.807, 2.05) is 23.1 Å². The highest BCUT2D eigenvalue weighted by Crippen LogP contribution is 2.29. The fourth-order valence-electron chi connectivity index (χ4n) is 3.40. The number of benzene rings is 1. The molecule has 1 aromatic carbocycles. The number of amides is 1. The van der Waals surface area contributed by atoms with Crippen LogP contribution >= 0.6 is 0 Å². The zero-order valence-electron chi connectivity index (χ0n) is 12.6. The molecular weight excluding hydrogens is 264 g/mol. The lowest BCUT2D eigenvalue weighted by Crippen LogP contribution is -2.49. The van der Waals surface area contributed by atoms with E-state index in [4.69, 9.17) is 10.5 Å². The van der Waals surface area contributed by atoms with Gasteiger partial charge in [0.25, 0.3) is 0 Å². The number of rotatable bonds is 2. The van der Waals surface area contributed by atoms with E-state index in [9.17, 15) is 4.79 Å². The summed E-state index contributed by atoms with van der Waals surface area (Å²) in [5, 5.41) is 0. The molecule has 2 aliphatic heterocycles. The molecule has 1 amide bonds. The van der Waals surface area contributed by atoms with Crippen molar-refractivity contribution in [3.8, 4) is 5.75 Å². The highest BCUT2D eigenvalue weighted by molar-refractivity contribution is 5.80. The number of piperidine rings is 1. The number of fused-ring (bicyclic) bond motifs is 1. The maximum atomic E-state index is 12.7. The van der Waals surface area contributed by atoms with Gasteiger partial charge >= 0.3 is 0 Å². The number of ether oxygens (including phenoxy) is 1. The first-order valence-electron chi connectivity index (χ1n) is 7.88. The van der Waals surface area contributed by atoms with Crippen LogP contribution in [-0.2, 0) is 11.2 Å². The fourth-order valence-corrected chi connectivity index (χ4v) is 3.40. The molecule has 1 fully saturated rings. The summed E-state index contributed by atoms with van der Waals surface area (Å²) < 4.78 is 5.75. The second-order valence-electron chi connectivity index (χ2n) is 6.37. The molecule has 4 nitrogen and oxygen atoms in total. The van der Waals surface area contributed by atoms with E-state index < -0.39 is 0 Å². The van der Waals surface area contributed by atoms with Crippen LogP contribution in [0.4, 0.5) is 0 Å². The van der Waals surface area contributed by atoms with Crippen LogP contribution < -0.4 is 10.5 Å². The molecule has 1 saturated heterocycles. The van der Waals surface area contributed by atoms with Gasteiger partial charge in [0.1, 0.15) is 12.4 Å². The third-order valence-electron chi connectivity index (χ3n) is 4.96. The second kappa shape index (κ2) is 6.06. The minimum atomic E-state index is -0.0493. The highest BCUT2D eigenvalue weighted by atomic mass is 16.5. The van der Waals surface area contributed by atoms with Crippen molar-refractivity contribution < 1.29 is 9.53 Å². The van der Waals surface area contributed by atoms with E-state index in [-0.39, 0.29) is 11.8 Å². The standard InChI is InChI=1S/C17H24N2O2/c1-12-6-7-19(10-15(12)9-18)17(20)14-8-13-4-2-3-5-16(13)21-11-14/h2-5,12,14-15H,6-11,18H2,1H3. The van der Waals surface area contributed by atoms with Gasteiger partial charge in [0, 0.05) is 13.1 Å². The highest BCUT2D eigenvalue weighted by Gasteiger charge is 2.33. The average molecular weight is 288 g/mol. The van der Waals surface area contributed by atoms with Crippen LogP contribution in [0.2, 0.25) is 0 Å². The first-order chi connectivity index (χ1) is 10.2. The lowest BCUT2D eigenvalue weighted by molar-refractivity contribution is -0.139. The Bertz CT molecular complexity index is 517. The molecule has 0 aromatic heterocycles. The van der Waals surface area contributed by atoms with Crippen molar-refractivity contribution in [1.82, 2.24) is 4.90 Å². The monoisotopic (exact) mass is 288 g/mol. The van der Waals surface area contributed by atoms with Gasteiger partial charge in [-0.15, -0.1) is 0 Å². The van der Waals surface area contributed by atoms with Crippen LogP contribution in [-0.4, -0.2) is 37.0 Å². The number of hydrogen-bond donors (Lipinski definition) is 1. The Labute approximate surface area is 126 Å². The number of hydrogen-bond acceptors (Lipinski definition) is 3. The SMILES string of the molecule is CC1CCN(C(=O)C2COc3ccccc3C2)CC1CN. The summed E-state index contributed by atoms with van der Waals surface area (Å²) in [6.07, 6.45) is 1.84. The van der Waals surface area contributed by atoms with Gasteiger partial charge < -0.3 is 15.4 Å². The molecule has 2 aliphatic rings. The Morgan fingerprint density at radius 2 is 2.24 bits per heavy atom. The van der Waals surface area contributed by atoms with Crippen molar-refractivity contribution >= 4 is 5.91 Å². The third kappa shape index (κ3) is 2.91. The van der Waals surface area contributed by atoms with Crippen molar-refractivity contribution in [1.29, 1.82) is 0 Å². The van der Waals surface area contributed by atoms with Gasteiger partial charge in [-0.05, 0) is 42.9 Å². The quantitative estimate of drug-likeness (QED) is 0.901. The molecule has 0 aliphatic carbocycles. The Morgan fingerprint density at radius 3 is 3.05 bits per heavy atom. The Hall–Kier alpha value is -1.55. The Morgan fingerprint density at radius 1 is 1.43 bits per heavy atom. The summed E-state index contributed by atoms with van der Waals surface area (Å²) in [6, 6.07) is 8.00. The molecule has 1 aromatic rings. The number of carbonyl (C=O) groups excluding carboxylic acids is 1. The van der Waals surface area contributed by atoms with E-state index in [1.165, 1.54) is 0 Å². The molecule has 2 heterocycles. The normalized spacial score (nSPS) is 28.7. The van der Waals surface area contributed by atoms with E-state index >= 15 is 0 Å². The molecule has 2 N–H and O–H groups in total.